The van der Waals surface area contributed by atoms with Crippen LogP contribution in [0, 0.1) is 0 Å². The molecule has 2 aliphatic heterocycles. The Kier molecular flexibility index (Phi) is 11.3. The monoisotopic (exact) mass is 626 g/mol. The highest BCUT2D eigenvalue weighted by molar-refractivity contribution is 6.00. The summed E-state index contributed by atoms with van der Waals surface area (Å²) in [5.74, 6) is 1.15. The summed E-state index contributed by atoms with van der Waals surface area (Å²) in [5.41, 5.74) is 0.0362. The van der Waals surface area contributed by atoms with Crippen LogP contribution in [0.15, 0.2) is 48.5 Å². The van der Waals surface area contributed by atoms with Gasteiger partial charge in [0.05, 0.1) is 5.60 Å². The Labute approximate surface area is 267 Å². The fourth-order valence-corrected chi connectivity index (χ4v) is 6.90. The number of hydrogen-bond acceptors (Lipinski definition) is 6. The lowest BCUT2D eigenvalue weighted by molar-refractivity contribution is -0.163. The SMILES string of the molecule is CCCCN1C(=O)[C@@H](CC2(O)CCCCC2)NC(=O)C12CCN(Cc1ccc(Oc3ccc(C(=O)NC)cc3)cc1)CC2.Cl. The third-order valence-corrected chi connectivity index (χ3v) is 9.50. The van der Waals surface area contributed by atoms with Crippen LogP contribution in [0.2, 0.25) is 0 Å². The molecule has 0 aromatic heterocycles. The van der Waals surface area contributed by atoms with Crippen LogP contribution < -0.4 is 15.4 Å². The molecule has 0 unspecified atom stereocenters. The Morgan fingerprint density at radius 1 is 0.977 bits per heavy atom. The number of aliphatic hydroxyl groups is 1. The van der Waals surface area contributed by atoms with Gasteiger partial charge in [0.25, 0.3) is 5.91 Å². The van der Waals surface area contributed by atoms with Crippen LogP contribution >= 0.6 is 12.4 Å². The van der Waals surface area contributed by atoms with Crippen molar-refractivity contribution in [3.05, 3.63) is 59.7 Å². The van der Waals surface area contributed by atoms with Gasteiger partial charge in [-0.25, -0.2) is 0 Å². The minimum absolute atomic E-state index is 0. The highest BCUT2D eigenvalue weighted by Gasteiger charge is 2.54. The van der Waals surface area contributed by atoms with E-state index < -0.39 is 17.2 Å². The number of rotatable bonds is 10. The molecule has 3 aliphatic rings. The van der Waals surface area contributed by atoms with E-state index in [0.717, 1.165) is 44.2 Å². The van der Waals surface area contributed by atoms with Gasteiger partial charge in [0.2, 0.25) is 11.8 Å². The van der Waals surface area contributed by atoms with Crippen LogP contribution in [0.1, 0.15) is 87.1 Å². The molecule has 0 radical (unpaired) electrons. The Balaban J connectivity index is 0.00000442. The van der Waals surface area contributed by atoms with Gasteiger partial charge in [0, 0.05) is 45.2 Å². The number of ether oxygens (including phenoxy) is 1. The largest absolute Gasteiger partial charge is 0.457 e. The van der Waals surface area contributed by atoms with Crippen molar-refractivity contribution in [1.29, 1.82) is 0 Å². The minimum Gasteiger partial charge on any atom is -0.457 e. The van der Waals surface area contributed by atoms with Gasteiger partial charge in [-0.1, -0.05) is 44.7 Å². The van der Waals surface area contributed by atoms with E-state index in [-0.39, 0.29) is 30.1 Å². The summed E-state index contributed by atoms with van der Waals surface area (Å²) in [7, 11) is 1.60. The van der Waals surface area contributed by atoms with Crippen molar-refractivity contribution >= 4 is 30.1 Å². The van der Waals surface area contributed by atoms with Crippen molar-refractivity contribution in [2.75, 3.05) is 26.7 Å². The standard InChI is InChI=1S/C34H46N4O5.ClH/c1-3-4-20-38-31(40)29(23-33(42)16-6-5-7-17-33)36-32(41)34(38)18-21-37(22-19-34)24-25-8-12-27(13-9-25)43-28-14-10-26(11-15-28)30(39)35-2;/h8-15,29,42H,3-7,16-24H2,1-2H3,(H,35,39)(H,36,41);1H/t29-;/m1./s1. The van der Waals surface area contributed by atoms with Crippen LogP contribution in [-0.2, 0) is 16.1 Å². The molecule has 3 N–H and O–H groups in total. The maximum absolute atomic E-state index is 13.8. The summed E-state index contributed by atoms with van der Waals surface area (Å²) in [6.45, 7) is 4.86. The minimum atomic E-state index is -0.867. The maximum atomic E-state index is 13.8. The summed E-state index contributed by atoms with van der Waals surface area (Å²) < 4.78 is 5.95. The predicted molar refractivity (Wildman–Crippen MR) is 172 cm³/mol. The molecule has 44 heavy (non-hydrogen) atoms. The first kappa shape index (κ1) is 33.7. The number of amides is 3. The lowest BCUT2D eigenvalue weighted by Crippen LogP contribution is -2.73. The molecular formula is C34H47ClN4O5. The molecule has 1 aliphatic carbocycles. The number of nitrogens with zero attached hydrogens (tertiary/aromatic N) is 2. The average molecular weight is 627 g/mol. The molecule has 240 valence electrons. The number of benzene rings is 2. The summed E-state index contributed by atoms with van der Waals surface area (Å²) >= 11 is 0. The second-order valence-electron chi connectivity index (χ2n) is 12.5. The number of piperidine rings is 1. The topological polar surface area (TPSA) is 111 Å². The number of carbonyl (C=O) groups excluding carboxylic acids is 3. The zero-order valence-corrected chi connectivity index (χ0v) is 26.8. The quantitative estimate of drug-likeness (QED) is 0.349. The first-order valence-corrected chi connectivity index (χ1v) is 15.9. The van der Waals surface area contributed by atoms with Crippen LogP contribution in [-0.4, -0.2) is 76.5 Å². The zero-order valence-electron chi connectivity index (χ0n) is 26.0. The average Bonchev–Trinajstić information content (AvgIpc) is 3.02. The third kappa shape index (κ3) is 7.56. The highest BCUT2D eigenvalue weighted by atomic mass is 35.5. The lowest BCUT2D eigenvalue weighted by Gasteiger charge is -2.52. The molecule has 1 saturated carbocycles. The molecule has 10 heteroatoms. The Bertz CT molecular complexity index is 1270. The van der Waals surface area contributed by atoms with Crippen molar-refractivity contribution in [3.8, 4) is 11.5 Å². The van der Waals surface area contributed by atoms with Gasteiger partial charge in [-0.3, -0.25) is 19.3 Å². The number of nitrogens with one attached hydrogen (secondary N) is 2. The van der Waals surface area contributed by atoms with Gasteiger partial charge in [-0.2, -0.15) is 0 Å². The van der Waals surface area contributed by atoms with Crippen molar-refractivity contribution in [3.63, 3.8) is 0 Å². The Morgan fingerprint density at radius 3 is 2.18 bits per heavy atom. The molecule has 2 aromatic rings. The van der Waals surface area contributed by atoms with E-state index in [1.54, 1.807) is 31.3 Å². The normalized spacial score (nSPS) is 21.3. The molecular weight excluding hydrogens is 580 g/mol. The van der Waals surface area contributed by atoms with Gasteiger partial charge < -0.3 is 25.4 Å². The van der Waals surface area contributed by atoms with Crippen molar-refractivity contribution in [2.24, 2.45) is 0 Å². The van der Waals surface area contributed by atoms with Crippen LogP contribution in [0.25, 0.3) is 0 Å². The number of carbonyl (C=O) groups is 3. The van der Waals surface area contributed by atoms with Gasteiger partial charge in [0.1, 0.15) is 23.1 Å². The second-order valence-corrected chi connectivity index (χ2v) is 12.5. The maximum Gasteiger partial charge on any atom is 0.251 e. The number of halogens is 1. The van der Waals surface area contributed by atoms with E-state index in [1.807, 2.05) is 29.2 Å². The van der Waals surface area contributed by atoms with E-state index in [0.29, 0.717) is 68.8 Å². The van der Waals surface area contributed by atoms with Crippen LogP contribution in [0.4, 0.5) is 0 Å². The molecule has 1 spiro atoms. The molecule has 2 aromatic carbocycles. The van der Waals surface area contributed by atoms with Crippen LogP contribution in [0.5, 0.6) is 11.5 Å². The molecule has 1 atom stereocenters. The molecule has 9 nitrogen and oxygen atoms in total. The summed E-state index contributed by atoms with van der Waals surface area (Å²) in [6.07, 6.45) is 7.74. The summed E-state index contributed by atoms with van der Waals surface area (Å²) in [4.78, 5) is 43.5. The number of hydrogen-bond donors (Lipinski definition) is 3. The van der Waals surface area contributed by atoms with Crippen molar-refractivity contribution < 1.29 is 24.2 Å². The molecule has 0 bridgehead atoms. The van der Waals surface area contributed by atoms with E-state index in [9.17, 15) is 19.5 Å². The Hall–Kier alpha value is -3.14. The van der Waals surface area contributed by atoms with E-state index >= 15 is 0 Å². The summed E-state index contributed by atoms with van der Waals surface area (Å²) in [6, 6.07) is 14.3. The predicted octanol–water partition coefficient (Wildman–Crippen LogP) is 4.81. The number of unbranched alkanes of at least 4 members (excludes halogenated alkanes) is 1. The fraction of sp³-hybridized carbons (Fsp3) is 0.559. The molecule has 2 heterocycles. The van der Waals surface area contributed by atoms with Crippen LogP contribution in [0.3, 0.4) is 0 Å². The van der Waals surface area contributed by atoms with Crippen molar-refractivity contribution in [1.82, 2.24) is 20.4 Å². The highest BCUT2D eigenvalue weighted by Crippen LogP contribution is 2.37. The smallest absolute Gasteiger partial charge is 0.251 e. The van der Waals surface area contributed by atoms with E-state index in [1.165, 1.54) is 0 Å². The first-order valence-electron chi connectivity index (χ1n) is 15.9. The summed E-state index contributed by atoms with van der Waals surface area (Å²) in [5, 5.41) is 16.8. The van der Waals surface area contributed by atoms with E-state index in [4.69, 9.17) is 4.74 Å². The molecule has 2 saturated heterocycles. The molecule has 3 fully saturated rings. The van der Waals surface area contributed by atoms with Crippen molar-refractivity contribution in [2.45, 2.75) is 94.9 Å². The van der Waals surface area contributed by atoms with E-state index in [2.05, 4.69) is 22.5 Å². The van der Waals surface area contributed by atoms with Gasteiger partial charge in [-0.15, -0.1) is 12.4 Å². The molecule has 3 amide bonds. The third-order valence-electron chi connectivity index (χ3n) is 9.50. The Morgan fingerprint density at radius 2 is 1.59 bits per heavy atom. The number of likely N-dealkylation sites (tertiary alicyclic amines) is 1. The second kappa shape index (κ2) is 14.8. The van der Waals surface area contributed by atoms with Gasteiger partial charge in [-0.05, 0) is 74.1 Å². The number of piperazine rings is 1. The zero-order chi connectivity index (χ0) is 30.5. The fourth-order valence-electron chi connectivity index (χ4n) is 6.90. The first-order chi connectivity index (χ1) is 20.7. The van der Waals surface area contributed by atoms with Gasteiger partial charge >= 0.3 is 0 Å². The van der Waals surface area contributed by atoms with Gasteiger partial charge in [0.15, 0.2) is 0 Å². The molecule has 5 rings (SSSR count). The lowest BCUT2D eigenvalue weighted by atomic mass is 9.77.